The zero-order valence-electron chi connectivity index (χ0n) is 15.0. The summed E-state index contributed by atoms with van der Waals surface area (Å²) in [4.78, 5) is 49.5. The lowest BCUT2D eigenvalue weighted by Crippen LogP contribution is -2.51. The van der Waals surface area contributed by atoms with Crippen molar-refractivity contribution in [2.45, 2.75) is 38.8 Å². The largest absolute Gasteiger partial charge is 0.333 e. The van der Waals surface area contributed by atoms with Crippen LogP contribution in [0.5, 0.6) is 0 Å². The molecule has 6 amide bonds. The maximum Gasteiger partial charge on any atom is 0.325 e. The summed E-state index contributed by atoms with van der Waals surface area (Å²) >= 11 is 6.14. The zero-order chi connectivity index (χ0) is 19.7. The van der Waals surface area contributed by atoms with Gasteiger partial charge in [-0.05, 0) is 33.8 Å². The molecule has 0 bridgehead atoms. The fraction of sp³-hybridized carbons (Fsp3) is 0.412. The Morgan fingerprint density at radius 1 is 1.23 bits per heavy atom. The van der Waals surface area contributed by atoms with E-state index in [0.29, 0.717) is 10.6 Å². The number of hydrogen-bond acceptors (Lipinski definition) is 4. The number of carbonyl (C=O) groups excluding carboxylic acids is 4. The minimum atomic E-state index is -1.39. The second kappa shape index (κ2) is 6.95. The van der Waals surface area contributed by atoms with Gasteiger partial charge in [0.1, 0.15) is 12.1 Å². The number of urea groups is 2. The molecule has 8 nitrogen and oxygen atoms in total. The van der Waals surface area contributed by atoms with Crippen LogP contribution < -0.4 is 16.0 Å². The molecule has 9 heteroatoms. The van der Waals surface area contributed by atoms with Crippen molar-refractivity contribution in [2.24, 2.45) is 0 Å². The second-order valence-electron chi connectivity index (χ2n) is 7.18. The van der Waals surface area contributed by atoms with E-state index in [1.165, 1.54) is 6.92 Å². The van der Waals surface area contributed by atoms with Crippen molar-refractivity contribution in [1.29, 1.82) is 0 Å². The molecule has 26 heavy (non-hydrogen) atoms. The van der Waals surface area contributed by atoms with Gasteiger partial charge in [0, 0.05) is 16.1 Å². The predicted octanol–water partition coefficient (Wildman–Crippen LogP) is 1.73. The first kappa shape index (κ1) is 19.7. The van der Waals surface area contributed by atoms with E-state index in [2.05, 4.69) is 16.0 Å². The molecule has 1 aromatic carbocycles. The van der Waals surface area contributed by atoms with E-state index in [1.54, 1.807) is 45.0 Å². The summed E-state index contributed by atoms with van der Waals surface area (Å²) in [5.74, 6) is -1.40. The van der Waals surface area contributed by atoms with Crippen molar-refractivity contribution < 1.29 is 19.2 Å². The summed E-state index contributed by atoms with van der Waals surface area (Å²) in [6, 6.07) is 5.19. The highest BCUT2D eigenvalue weighted by Gasteiger charge is 2.50. The van der Waals surface area contributed by atoms with Crippen LogP contribution in [-0.2, 0) is 15.1 Å². The Hall–Kier alpha value is -2.61. The molecular formula is C17H21ClN4O4. The Labute approximate surface area is 156 Å². The molecule has 1 heterocycles. The average Bonchev–Trinajstić information content (AvgIpc) is 2.69. The second-order valence-corrected chi connectivity index (χ2v) is 7.59. The van der Waals surface area contributed by atoms with Gasteiger partial charge in [-0.15, -0.1) is 0 Å². The number of rotatable bonds is 3. The van der Waals surface area contributed by atoms with Crippen LogP contribution in [-0.4, -0.2) is 40.9 Å². The van der Waals surface area contributed by atoms with E-state index < -0.39 is 41.5 Å². The van der Waals surface area contributed by atoms with Gasteiger partial charge in [-0.3, -0.25) is 19.8 Å². The SMILES string of the molecule is CC(C)(C)NC(=O)NC(=O)CN1C(=O)N[C@](C)(c2ccccc2Cl)C1=O. The molecule has 140 valence electrons. The highest BCUT2D eigenvalue weighted by Crippen LogP contribution is 2.33. The third kappa shape index (κ3) is 4.13. The third-order valence-corrected chi connectivity index (χ3v) is 4.06. The van der Waals surface area contributed by atoms with Gasteiger partial charge < -0.3 is 10.6 Å². The van der Waals surface area contributed by atoms with Crippen LogP contribution in [0.25, 0.3) is 0 Å². The monoisotopic (exact) mass is 380 g/mol. The maximum absolute atomic E-state index is 12.7. The van der Waals surface area contributed by atoms with Crippen molar-refractivity contribution in [1.82, 2.24) is 20.9 Å². The quantitative estimate of drug-likeness (QED) is 0.694. The molecule has 0 unspecified atom stereocenters. The molecule has 0 aliphatic carbocycles. The number of hydrogen-bond donors (Lipinski definition) is 3. The number of carbonyl (C=O) groups is 4. The normalized spacial score (nSPS) is 20.0. The molecule has 0 radical (unpaired) electrons. The van der Waals surface area contributed by atoms with Crippen LogP contribution in [0.3, 0.4) is 0 Å². The number of imide groups is 2. The molecule has 1 aliphatic heterocycles. The summed E-state index contributed by atoms with van der Waals surface area (Å²) in [5, 5.41) is 7.52. The highest BCUT2D eigenvalue weighted by molar-refractivity contribution is 6.32. The summed E-state index contributed by atoms with van der Waals surface area (Å²) in [6.07, 6.45) is 0. The Morgan fingerprint density at radius 2 is 1.85 bits per heavy atom. The number of halogens is 1. The number of nitrogens with one attached hydrogen (secondary N) is 3. The molecule has 1 fully saturated rings. The van der Waals surface area contributed by atoms with Crippen molar-refractivity contribution >= 4 is 35.5 Å². The number of benzene rings is 1. The van der Waals surface area contributed by atoms with Gasteiger partial charge in [-0.2, -0.15) is 0 Å². The minimum absolute atomic E-state index is 0.319. The average molecular weight is 381 g/mol. The molecule has 0 saturated carbocycles. The van der Waals surface area contributed by atoms with Crippen LogP contribution in [0, 0.1) is 0 Å². The standard InChI is InChI=1S/C17H21ClN4O4/c1-16(2,3)20-14(25)19-12(23)9-22-13(24)17(4,21-15(22)26)10-7-5-6-8-11(10)18/h5-8H,9H2,1-4H3,(H,21,26)(H2,19,20,23,25)/t17-/m1/s1. The fourth-order valence-electron chi connectivity index (χ4n) is 2.57. The Bertz CT molecular complexity index is 774. The molecule has 1 saturated heterocycles. The topological polar surface area (TPSA) is 108 Å². The van der Waals surface area contributed by atoms with Crippen molar-refractivity contribution in [3.05, 3.63) is 34.9 Å². The van der Waals surface area contributed by atoms with E-state index >= 15 is 0 Å². The van der Waals surface area contributed by atoms with E-state index in [0.717, 1.165) is 4.90 Å². The first-order valence-corrected chi connectivity index (χ1v) is 8.33. The van der Waals surface area contributed by atoms with Crippen LogP contribution in [0.1, 0.15) is 33.3 Å². The Morgan fingerprint density at radius 3 is 2.42 bits per heavy atom. The van der Waals surface area contributed by atoms with E-state index in [4.69, 9.17) is 11.6 Å². The minimum Gasteiger partial charge on any atom is -0.333 e. The van der Waals surface area contributed by atoms with E-state index in [9.17, 15) is 19.2 Å². The first-order chi connectivity index (χ1) is 11.9. The van der Waals surface area contributed by atoms with Gasteiger partial charge in [0.2, 0.25) is 5.91 Å². The molecule has 0 aromatic heterocycles. The smallest absolute Gasteiger partial charge is 0.325 e. The molecule has 3 N–H and O–H groups in total. The number of nitrogens with zero attached hydrogens (tertiary/aromatic N) is 1. The lowest BCUT2D eigenvalue weighted by atomic mass is 9.92. The van der Waals surface area contributed by atoms with Crippen LogP contribution in [0.15, 0.2) is 24.3 Å². The van der Waals surface area contributed by atoms with E-state index in [-0.39, 0.29) is 0 Å². The molecular weight excluding hydrogens is 360 g/mol. The summed E-state index contributed by atoms with van der Waals surface area (Å²) in [7, 11) is 0. The molecule has 1 aliphatic rings. The lowest BCUT2D eigenvalue weighted by Gasteiger charge is -2.23. The third-order valence-electron chi connectivity index (χ3n) is 3.73. The van der Waals surface area contributed by atoms with E-state index in [1.807, 2.05) is 0 Å². The fourth-order valence-corrected chi connectivity index (χ4v) is 2.90. The lowest BCUT2D eigenvalue weighted by molar-refractivity contribution is -0.134. The number of amides is 6. The maximum atomic E-state index is 12.7. The van der Waals surface area contributed by atoms with Crippen LogP contribution in [0.4, 0.5) is 9.59 Å². The predicted molar refractivity (Wildman–Crippen MR) is 95.5 cm³/mol. The molecule has 1 aromatic rings. The van der Waals surface area contributed by atoms with Gasteiger partial charge >= 0.3 is 12.1 Å². The summed E-state index contributed by atoms with van der Waals surface area (Å²) < 4.78 is 0. The van der Waals surface area contributed by atoms with Crippen molar-refractivity contribution in [2.75, 3.05) is 6.54 Å². The van der Waals surface area contributed by atoms with Crippen molar-refractivity contribution in [3.8, 4) is 0 Å². The zero-order valence-corrected chi connectivity index (χ0v) is 15.7. The Balaban J connectivity index is 2.11. The van der Waals surface area contributed by atoms with Gasteiger partial charge in [-0.1, -0.05) is 29.8 Å². The Kier molecular flexibility index (Phi) is 5.27. The van der Waals surface area contributed by atoms with Gasteiger partial charge in [-0.25, -0.2) is 9.59 Å². The molecule has 1 atom stereocenters. The first-order valence-electron chi connectivity index (χ1n) is 7.95. The van der Waals surface area contributed by atoms with Crippen molar-refractivity contribution in [3.63, 3.8) is 0 Å². The molecule has 2 rings (SSSR count). The van der Waals surface area contributed by atoms with Crippen LogP contribution in [0.2, 0.25) is 5.02 Å². The van der Waals surface area contributed by atoms with Crippen LogP contribution >= 0.6 is 11.6 Å². The molecule has 0 spiro atoms. The van der Waals surface area contributed by atoms with Gasteiger partial charge in [0.25, 0.3) is 5.91 Å². The van der Waals surface area contributed by atoms with Gasteiger partial charge in [0.05, 0.1) is 0 Å². The van der Waals surface area contributed by atoms with Gasteiger partial charge in [0.15, 0.2) is 0 Å². The summed E-state index contributed by atoms with van der Waals surface area (Å²) in [5.41, 5.74) is -1.49. The highest BCUT2D eigenvalue weighted by atomic mass is 35.5. The summed E-state index contributed by atoms with van der Waals surface area (Å²) in [6.45, 7) is 6.19.